The van der Waals surface area contributed by atoms with Crippen molar-refractivity contribution in [3.63, 3.8) is 0 Å². The summed E-state index contributed by atoms with van der Waals surface area (Å²) in [6, 6.07) is 8.03. The summed E-state index contributed by atoms with van der Waals surface area (Å²) in [7, 11) is 0. The molecule has 1 aliphatic heterocycles. The standard InChI is InChI=1S/C16H17N3O4S/c1-9(8-24)12(16(22)23)17-7-11-14(20)19-13(15(21)18-11)10-5-3-2-4-6-10/h2-7,13,17,24H,8H2,1H3,(H,18,21)(H,19,20)(H,22,23)/b11-7+,12-9-. The van der Waals surface area contributed by atoms with Crippen molar-refractivity contribution >= 4 is 30.4 Å². The monoisotopic (exact) mass is 347 g/mol. The van der Waals surface area contributed by atoms with E-state index in [0.29, 0.717) is 11.1 Å². The Labute approximate surface area is 144 Å². The van der Waals surface area contributed by atoms with Gasteiger partial charge in [-0.15, -0.1) is 0 Å². The Kier molecular flexibility index (Phi) is 5.64. The van der Waals surface area contributed by atoms with Crippen molar-refractivity contribution in [3.8, 4) is 0 Å². The van der Waals surface area contributed by atoms with Gasteiger partial charge >= 0.3 is 5.97 Å². The van der Waals surface area contributed by atoms with E-state index in [-0.39, 0.29) is 17.1 Å². The van der Waals surface area contributed by atoms with E-state index in [1.54, 1.807) is 31.2 Å². The van der Waals surface area contributed by atoms with Gasteiger partial charge in [0.2, 0.25) is 0 Å². The summed E-state index contributed by atoms with van der Waals surface area (Å²) in [5.41, 5.74) is 1.00. The van der Waals surface area contributed by atoms with Crippen LogP contribution >= 0.6 is 12.6 Å². The van der Waals surface area contributed by atoms with Gasteiger partial charge in [0.25, 0.3) is 11.8 Å². The maximum absolute atomic E-state index is 12.2. The molecule has 126 valence electrons. The maximum atomic E-state index is 12.2. The second-order valence-corrected chi connectivity index (χ2v) is 5.44. The Bertz CT molecular complexity index is 728. The predicted molar refractivity (Wildman–Crippen MR) is 90.9 cm³/mol. The molecule has 8 heteroatoms. The van der Waals surface area contributed by atoms with Gasteiger partial charge in [0.1, 0.15) is 17.4 Å². The summed E-state index contributed by atoms with van der Waals surface area (Å²) >= 11 is 4.02. The third-order valence-electron chi connectivity index (χ3n) is 3.41. The van der Waals surface area contributed by atoms with Crippen molar-refractivity contribution in [2.45, 2.75) is 13.0 Å². The van der Waals surface area contributed by atoms with Crippen molar-refractivity contribution in [2.75, 3.05) is 5.75 Å². The van der Waals surface area contributed by atoms with Crippen LogP contribution in [0.25, 0.3) is 0 Å². The first kappa shape index (κ1) is 17.6. The fourth-order valence-electron chi connectivity index (χ4n) is 2.11. The van der Waals surface area contributed by atoms with Crippen LogP contribution < -0.4 is 16.0 Å². The Morgan fingerprint density at radius 1 is 1.33 bits per heavy atom. The molecule has 0 aliphatic carbocycles. The van der Waals surface area contributed by atoms with E-state index in [0.717, 1.165) is 6.20 Å². The number of hydrogen-bond donors (Lipinski definition) is 5. The molecule has 1 saturated heterocycles. The fourth-order valence-corrected chi connectivity index (χ4v) is 2.27. The van der Waals surface area contributed by atoms with Crippen molar-refractivity contribution in [2.24, 2.45) is 0 Å². The molecule has 4 N–H and O–H groups in total. The molecule has 1 heterocycles. The van der Waals surface area contributed by atoms with Crippen LogP contribution in [0.15, 0.2) is 53.5 Å². The number of rotatable bonds is 5. The van der Waals surface area contributed by atoms with Gasteiger partial charge in [0.05, 0.1) is 0 Å². The van der Waals surface area contributed by atoms with E-state index >= 15 is 0 Å². The first-order chi connectivity index (χ1) is 11.4. The number of carbonyl (C=O) groups excluding carboxylic acids is 2. The van der Waals surface area contributed by atoms with Crippen LogP contribution in [0.1, 0.15) is 18.5 Å². The molecule has 1 aliphatic rings. The fraction of sp³-hybridized carbons (Fsp3) is 0.188. The lowest BCUT2D eigenvalue weighted by atomic mass is 10.0. The Hall–Kier alpha value is -2.74. The topological polar surface area (TPSA) is 108 Å². The molecule has 0 saturated carbocycles. The van der Waals surface area contributed by atoms with E-state index in [1.165, 1.54) is 0 Å². The molecular weight excluding hydrogens is 330 g/mol. The molecule has 1 aromatic carbocycles. The van der Waals surface area contributed by atoms with Crippen LogP contribution in [-0.4, -0.2) is 28.6 Å². The van der Waals surface area contributed by atoms with E-state index < -0.39 is 23.8 Å². The number of nitrogens with one attached hydrogen (secondary N) is 3. The SMILES string of the molecule is C/C(CS)=C(/N/C=C1/NC(=O)C(c2ccccc2)NC1=O)C(=O)O. The first-order valence-electron chi connectivity index (χ1n) is 7.11. The van der Waals surface area contributed by atoms with Gasteiger partial charge in [-0.1, -0.05) is 30.3 Å². The number of thiol groups is 1. The molecule has 1 unspecified atom stereocenters. The van der Waals surface area contributed by atoms with Crippen LogP contribution in [0.5, 0.6) is 0 Å². The first-order valence-corrected chi connectivity index (χ1v) is 7.74. The number of benzene rings is 1. The molecule has 7 nitrogen and oxygen atoms in total. The lowest BCUT2D eigenvalue weighted by Crippen LogP contribution is -2.49. The number of amides is 2. The highest BCUT2D eigenvalue weighted by Crippen LogP contribution is 2.17. The minimum atomic E-state index is -1.18. The largest absolute Gasteiger partial charge is 0.477 e. The van der Waals surface area contributed by atoms with Crippen LogP contribution in [0.3, 0.4) is 0 Å². The maximum Gasteiger partial charge on any atom is 0.352 e. The lowest BCUT2D eigenvalue weighted by molar-refractivity contribution is -0.133. The second kappa shape index (κ2) is 7.69. The number of carboxylic acids is 1. The average molecular weight is 347 g/mol. The Morgan fingerprint density at radius 3 is 2.58 bits per heavy atom. The summed E-state index contributed by atoms with van der Waals surface area (Å²) in [4.78, 5) is 35.5. The highest BCUT2D eigenvalue weighted by atomic mass is 32.1. The zero-order valence-electron chi connectivity index (χ0n) is 12.9. The van der Waals surface area contributed by atoms with Gasteiger partial charge in [-0.05, 0) is 18.1 Å². The Balaban J connectivity index is 2.16. The van der Waals surface area contributed by atoms with E-state index in [9.17, 15) is 14.4 Å². The van der Waals surface area contributed by atoms with Gasteiger partial charge in [-0.2, -0.15) is 12.6 Å². The van der Waals surface area contributed by atoms with Gasteiger partial charge in [0.15, 0.2) is 0 Å². The number of piperazine rings is 1. The van der Waals surface area contributed by atoms with Gasteiger partial charge in [-0.25, -0.2) is 4.79 Å². The quantitative estimate of drug-likeness (QED) is 0.398. The smallest absolute Gasteiger partial charge is 0.352 e. The van der Waals surface area contributed by atoms with Gasteiger partial charge in [-0.3, -0.25) is 9.59 Å². The van der Waals surface area contributed by atoms with Crippen molar-refractivity contribution in [3.05, 3.63) is 59.1 Å². The van der Waals surface area contributed by atoms with Crippen molar-refractivity contribution in [1.29, 1.82) is 0 Å². The molecule has 1 aromatic rings. The second-order valence-electron chi connectivity index (χ2n) is 5.13. The summed E-state index contributed by atoms with van der Waals surface area (Å²) in [6.45, 7) is 1.60. The summed E-state index contributed by atoms with van der Waals surface area (Å²) < 4.78 is 0. The van der Waals surface area contributed by atoms with E-state index in [2.05, 4.69) is 28.6 Å². The number of carbonyl (C=O) groups is 3. The summed E-state index contributed by atoms with van der Waals surface area (Å²) in [5.74, 6) is -1.85. The molecule has 24 heavy (non-hydrogen) atoms. The third kappa shape index (κ3) is 3.96. The Morgan fingerprint density at radius 2 is 2.00 bits per heavy atom. The molecule has 2 rings (SSSR count). The molecule has 0 radical (unpaired) electrons. The van der Waals surface area contributed by atoms with Gasteiger partial charge in [0, 0.05) is 12.0 Å². The zero-order valence-corrected chi connectivity index (χ0v) is 13.8. The van der Waals surface area contributed by atoms with Crippen LogP contribution in [-0.2, 0) is 14.4 Å². The summed E-state index contributed by atoms with van der Waals surface area (Å²) in [5, 5.41) is 16.7. The van der Waals surface area contributed by atoms with Crippen LogP contribution in [0, 0.1) is 0 Å². The minimum Gasteiger partial charge on any atom is -0.477 e. The number of hydrogen-bond acceptors (Lipinski definition) is 5. The molecule has 0 aromatic heterocycles. The number of aliphatic carboxylic acids is 1. The van der Waals surface area contributed by atoms with Crippen LogP contribution in [0.4, 0.5) is 0 Å². The normalized spacial score (nSPS) is 20.1. The molecule has 0 spiro atoms. The van der Waals surface area contributed by atoms with E-state index in [1.807, 2.05) is 6.07 Å². The van der Waals surface area contributed by atoms with E-state index in [4.69, 9.17) is 5.11 Å². The zero-order chi connectivity index (χ0) is 17.7. The van der Waals surface area contributed by atoms with Crippen LogP contribution in [0.2, 0.25) is 0 Å². The third-order valence-corrected chi connectivity index (χ3v) is 3.89. The molecule has 1 fully saturated rings. The van der Waals surface area contributed by atoms with Crippen molar-refractivity contribution < 1.29 is 19.5 Å². The van der Waals surface area contributed by atoms with Gasteiger partial charge < -0.3 is 21.1 Å². The molecule has 0 bridgehead atoms. The van der Waals surface area contributed by atoms with Crippen molar-refractivity contribution in [1.82, 2.24) is 16.0 Å². The average Bonchev–Trinajstić information content (AvgIpc) is 2.57. The molecule has 1 atom stereocenters. The molecular formula is C16H17N3O4S. The number of carboxylic acid groups (broad SMARTS) is 1. The summed E-state index contributed by atoms with van der Waals surface area (Å²) in [6.07, 6.45) is 1.16. The lowest BCUT2D eigenvalue weighted by Gasteiger charge is -2.25. The molecule has 2 amide bonds. The minimum absolute atomic E-state index is 0.0575. The predicted octanol–water partition coefficient (Wildman–Crippen LogP) is 0.693. The highest BCUT2D eigenvalue weighted by Gasteiger charge is 2.30. The highest BCUT2D eigenvalue weighted by molar-refractivity contribution is 7.80.